The van der Waals surface area contributed by atoms with E-state index in [0.717, 1.165) is 45.3 Å². The molecular weight excluding hydrogens is 218 g/mol. The van der Waals surface area contributed by atoms with Crippen molar-refractivity contribution >= 4 is 5.91 Å². The van der Waals surface area contributed by atoms with Gasteiger partial charge < -0.3 is 15.7 Å². The van der Waals surface area contributed by atoms with Gasteiger partial charge in [-0.15, -0.1) is 0 Å². The standard InChI is InChI=1S/C12H23N3O2/c13-10-3-6-14(7-4-10)8-12(17)15-5-1-2-11(15)9-16/h10-11,16H,1-9,13H2/t11-/m0/s1. The molecule has 2 heterocycles. The van der Waals surface area contributed by atoms with Crippen molar-refractivity contribution in [3.8, 4) is 0 Å². The van der Waals surface area contributed by atoms with Crippen LogP contribution in [0.25, 0.3) is 0 Å². The lowest BCUT2D eigenvalue weighted by Gasteiger charge is -2.32. The van der Waals surface area contributed by atoms with Crippen molar-refractivity contribution in [1.82, 2.24) is 9.80 Å². The number of nitrogens with zero attached hydrogens (tertiary/aromatic N) is 2. The fraction of sp³-hybridized carbons (Fsp3) is 0.917. The molecule has 5 nitrogen and oxygen atoms in total. The van der Waals surface area contributed by atoms with Crippen LogP contribution in [-0.4, -0.2) is 65.7 Å². The highest BCUT2D eigenvalue weighted by atomic mass is 16.3. The second-order valence-electron chi connectivity index (χ2n) is 5.18. The summed E-state index contributed by atoms with van der Waals surface area (Å²) in [6.07, 6.45) is 3.92. The number of likely N-dealkylation sites (tertiary alicyclic amines) is 2. The Balaban J connectivity index is 1.80. The molecule has 0 aromatic rings. The van der Waals surface area contributed by atoms with Crippen molar-refractivity contribution in [2.24, 2.45) is 5.73 Å². The van der Waals surface area contributed by atoms with E-state index in [9.17, 15) is 9.90 Å². The molecule has 98 valence electrons. The Bertz CT molecular complexity index is 264. The summed E-state index contributed by atoms with van der Waals surface area (Å²) in [5, 5.41) is 9.20. The van der Waals surface area contributed by atoms with Gasteiger partial charge in [0, 0.05) is 25.7 Å². The number of carbonyl (C=O) groups excluding carboxylic acids is 1. The predicted octanol–water partition coefficient (Wildman–Crippen LogP) is -0.607. The highest BCUT2D eigenvalue weighted by molar-refractivity contribution is 5.78. The largest absolute Gasteiger partial charge is 0.394 e. The van der Waals surface area contributed by atoms with Gasteiger partial charge in [-0.25, -0.2) is 0 Å². The van der Waals surface area contributed by atoms with E-state index in [4.69, 9.17) is 5.73 Å². The van der Waals surface area contributed by atoms with Gasteiger partial charge in [-0.2, -0.15) is 0 Å². The van der Waals surface area contributed by atoms with Crippen molar-refractivity contribution in [3.05, 3.63) is 0 Å². The quantitative estimate of drug-likeness (QED) is 0.692. The lowest BCUT2D eigenvalue weighted by Crippen LogP contribution is -2.47. The Morgan fingerprint density at radius 2 is 1.94 bits per heavy atom. The third-order valence-corrected chi connectivity index (χ3v) is 3.90. The average Bonchev–Trinajstić information content (AvgIpc) is 2.80. The number of rotatable bonds is 3. The van der Waals surface area contributed by atoms with E-state index in [-0.39, 0.29) is 18.6 Å². The Hall–Kier alpha value is -0.650. The van der Waals surface area contributed by atoms with Gasteiger partial charge in [0.25, 0.3) is 0 Å². The first-order valence-electron chi connectivity index (χ1n) is 6.59. The molecule has 5 heteroatoms. The minimum atomic E-state index is 0.0505. The van der Waals surface area contributed by atoms with E-state index in [1.165, 1.54) is 0 Å². The molecule has 0 spiro atoms. The van der Waals surface area contributed by atoms with E-state index in [0.29, 0.717) is 12.6 Å². The molecule has 1 amide bonds. The third-order valence-electron chi connectivity index (χ3n) is 3.90. The summed E-state index contributed by atoms with van der Waals surface area (Å²) in [4.78, 5) is 16.1. The van der Waals surface area contributed by atoms with Crippen LogP contribution in [0.3, 0.4) is 0 Å². The zero-order valence-electron chi connectivity index (χ0n) is 10.3. The van der Waals surface area contributed by atoms with Crippen molar-refractivity contribution < 1.29 is 9.90 Å². The summed E-state index contributed by atoms with van der Waals surface area (Å²) in [5.41, 5.74) is 5.84. The number of carbonyl (C=O) groups is 1. The first-order chi connectivity index (χ1) is 8.20. The zero-order chi connectivity index (χ0) is 12.3. The van der Waals surface area contributed by atoms with Gasteiger partial charge in [-0.1, -0.05) is 0 Å². The molecule has 2 fully saturated rings. The zero-order valence-corrected chi connectivity index (χ0v) is 10.3. The van der Waals surface area contributed by atoms with Gasteiger partial charge in [-0.3, -0.25) is 9.69 Å². The number of aliphatic hydroxyl groups is 1. The van der Waals surface area contributed by atoms with Gasteiger partial charge in [0.2, 0.25) is 5.91 Å². The maximum atomic E-state index is 12.1. The number of amides is 1. The van der Waals surface area contributed by atoms with Crippen LogP contribution in [0.1, 0.15) is 25.7 Å². The minimum absolute atomic E-state index is 0.0505. The fourth-order valence-electron chi connectivity index (χ4n) is 2.75. The first kappa shape index (κ1) is 12.8. The van der Waals surface area contributed by atoms with Crippen LogP contribution < -0.4 is 5.73 Å². The monoisotopic (exact) mass is 241 g/mol. The maximum absolute atomic E-state index is 12.1. The SMILES string of the molecule is NC1CCN(CC(=O)N2CCC[C@H]2CO)CC1. The van der Waals surface area contributed by atoms with Crippen LogP contribution in [0.2, 0.25) is 0 Å². The van der Waals surface area contributed by atoms with Crippen LogP contribution in [-0.2, 0) is 4.79 Å². The Labute approximate surface area is 103 Å². The second-order valence-corrected chi connectivity index (χ2v) is 5.18. The van der Waals surface area contributed by atoms with Crippen molar-refractivity contribution in [2.45, 2.75) is 37.8 Å². The molecule has 1 atom stereocenters. The molecule has 0 aromatic carbocycles. The molecule has 2 rings (SSSR count). The molecule has 0 radical (unpaired) electrons. The molecule has 3 N–H and O–H groups in total. The lowest BCUT2D eigenvalue weighted by atomic mass is 10.1. The summed E-state index contributed by atoms with van der Waals surface area (Å²) in [6.45, 7) is 3.23. The van der Waals surface area contributed by atoms with Gasteiger partial charge in [0.1, 0.15) is 0 Å². The molecule has 2 aliphatic rings. The highest BCUT2D eigenvalue weighted by Crippen LogP contribution is 2.17. The summed E-state index contributed by atoms with van der Waals surface area (Å²) in [6, 6.07) is 0.355. The second kappa shape index (κ2) is 5.80. The Morgan fingerprint density at radius 3 is 2.59 bits per heavy atom. The highest BCUT2D eigenvalue weighted by Gasteiger charge is 2.29. The van der Waals surface area contributed by atoms with E-state index < -0.39 is 0 Å². The topological polar surface area (TPSA) is 69.8 Å². The van der Waals surface area contributed by atoms with Crippen molar-refractivity contribution in [3.63, 3.8) is 0 Å². The van der Waals surface area contributed by atoms with Crippen LogP contribution in [0, 0.1) is 0 Å². The van der Waals surface area contributed by atoms with Gasteiger partial charge >= 0.3 is 0 Å². The smallest absolute Gasteiger partial charge is 0.237 e. The van der Waals surface area contributed by atoms with Crippen molar-refractivity contribution in [1.29, 1.82) is 0 Å². The molecule has 0 saturated carbocycles. The van der Waals surface area contributed by atoms with Gasteiger partial charge in [0.15, 0.2) is 0 Å². The molecule has 17 heavy (non-hydrogen) atoms. The number of piperidine rings is 1. The Morgan fingerprint density at radius 1 is 1.24 bits per heavy atom. The summed E-state index contributed by atoms with van der Waals surface area (Å²) in [7, 11) is 0. The Kier molecular flexibility index (Phi) is 4.36. The first-order valence-corrected chi connectivity index (χ1v) is 6.59. The maximum Gasteiger partial charge on any atom is 0.237 e. The molecule has 0 aliphatic carbocycles. The van der Waals surface area contributed by atoms with Crippen molar-refractivity contribution in [2.75, 3.05) is 32.8 Å². The number of hydrogen-bond donors (Lipinski definition) is 2. The number of hydrogen-bond acceptors (Lipinski definition) is 4. The van der Waals surface area contributed by atoms with E-state index in [1.54, 1.807) is 0 Å². The fourth-order valence-corrected chi connectivity index (χ4v) is 2.75. The summed E-state index contributed by atoms with van der Waals surface area (Å²) < 4.78 is 0. The minimum Gasteiger partial charge on any atom is -0.394 e. The average molecular weight is 241 g/mol. The molecular formula is C12H23N3O2. The number of aliphatic hydroxyl groups excluding tert-OH is 1. The number of nitrogens with two attached hydrogens (primary N) is 1. The third kappa shape index (κ3) is 3.18. The van der Waals surface area contributed by atoms with Crippen LogP contribution in [0.4, 0.5) is 0 Å². The van der Waals surface area contributed by atoms with Crippen LogP contribution in [0.5, 0.6) is 0 Å². The lowest BCUT2D eigenvalue weighted by molar-refractivity contribution is -0.134. The normalized spacial score (nSPS) is 27.6. The van der Waals surface area contributed by atoms with E-state index in [2.05, 4.69) is 4.90 Å². The summed E-state index contributed by atoms with van der Waals surface area (Å²) >= 11 is 0. The predicted molar refractivity (Wildman–Crippen MR) is 65.5 cm³/mol. The van der Waals surface area contributed by atoms with Crippen LogP contribution in [0.15, 0.2) is 0 Å². The van der Waals surface area contributed by atoms with Gasteiger partial charge in [0.05, 0.1) is 19.2 Å². The molecule has 2 saturated heterocycles. The molecule has 0 aromatic heterocycles. The molecule has 0 unspecified atom stereocenters. The molecule has 2 aliphatic heterocycles. The van der Waals surface area contributed by atoms with Gasteiger partial charge in [-0.05, 0) is 25.7 Å². The van der Waals surface area contributed by atoms with E-state index >= 15 is 0 Å². The van der Waals surface area contributed by atoms with E-state index in [1.807, 2.05) is 4.90 Å². The van der Waals surface area contributed by atoms with Crippen LogP contribution >= 0.6 is 0 Å². The molecule has 0 bridgehead atoms. The summed E-state index contributed by atoms with van der Waals surface area (Å²) in [5.74, 6) is 0.164.